The molecule has 0 radical (unpaired) electrons. The van der Waals surface area contributed by atoms with Crippen molar-refractivity contribution in [2.75, 3.05) is 33.3 Å². The fourth-order valence-corrected chi connectivity index (χ4v) is 3.34. The van der Waals surface area contributed by atoms with Crippen molar-refractivity contribution in [1.82, 2.24) is 9.80 Å². The lowest BCUT2D eigenvalue weighted by molar-refractivity contribution is -0.139. The third-order valence-corrected chi connectivity index (χ3v) is 5.38. The summed E-state index contributed by atoms with van der Waals surface area (Å²) in [4.78, 5) is 28.9. The summed E-state index contributed by atoms with van der Waals surface area (Å²) >= 11 is 0. The summed E-state index contributed by atoms with van der Waals surface area (Å²) in [6, 6.07) is 3.82. The number of carbonyl (C=O) groups excluding carboxylic acids is 2. The van der Waals surface area contributed by atoms with Crippen molar-refractivity contribution in [3.8, 4) is 5.75 Å². The van der Waals surface area contributed by atoms with Gasteiger partial charge in [0.05, 0.1) is 12.7 Å². The molecule has 3 rings (SSSR count). The zero-order valence-corrected chi connectivity index (χ0v) is 14.8. The van der Waals surface area contributed by atoms with Crippen LogP contribution in [0, 0.1) is 19.8 Å². The molecule has 1 heterocycles. The summed E-state index contributed by atoms with van der Waals surface area (Å²) in [7, 11) is 1.59. The topological polar surface area (TPSA) is 49.9 Å². The van der Waals surface area contributed by atoms with E-state index in [2.05, 4.69) is 0 Å². The van der Waals surface area contributed by atoms with Gasteiger partial charge in [-0.25, -0.2) is 0 Å². The Bertz CT molecular complexity index is 644. The molecular weight excluding hydrogens is 304 g/mol. The molecule has 2 amide bonds. The van der Waals surface area contributed by atoms with Crippen molar-refractivity contribution >= 4 is 11.8 Å². The number of amides is 2. The minimum Gasteiger partial charge on any atom is -0.496 e. The van der Waals surface area contributed by atoms with Crippen molar-refractivity contribution in [3.63, 3.8) is 0 Å². The Labute approximate surface area is 143 Å². The van der Waals surface area contributed by atoms with Crippen molar-refractivity contribution in [2.45, 2.75) is 33.1 Å². The van der Waals surface area contributed by atoms with Gasteiger partial charge in [0.15, 0.2) is 0 Å². The maximum absolute atomic E-state index is 12.9. The van der Waals surface area contributed by atoms with Crippen LogP contribution in [0.1, 0.15) is 40.7 Å². The Kier molecular flexibility index (Phi) is 4.78. The highest BCUT2D eigenvalue weighted by atomic mass is 16.5. The molecule has 130 valence electrons. The molecule has 1 saturated carbocycles. The molecule has 1 aliphatic carbocycles. The molecule has 1 saturated heterocycles. The van der Waals surface area contributed by atoms with Crippen LogP contribution in [-0.4, -0.2) is 54.9 Å². The molecule has 2 aliphatic rings. The van der Waals surface area contributed by atoms with E-state index in [1.807, 2.05) is 35.8 Å². The molecule has 0 aromatic heterocycles. The molecule has 1 aromatic rings. The molecule has 24 heavy (non-hydrogen) atoms. The van der Waals surface area contributed by atoms with Gasteiger partial charge >= 0.3 is 0 Å². The van der Waals surface area contributed by atoms with Crippen molar-refractivity contribution in [3.05, 3.63) is 28.8 Å². The van der Waals surface area contributed by atoms with Crippen LogP contribution < -0.4 is 4.74 Å². The average molecular weight is 330 g/mol. The molecule has 0 unspecified atom stereocenters. The van der Waals surface area contributed by atoms with Crippen LogP contribution in [0.5, 0.6) is 5.75 Å². The van der Waals surface area contributed by atoms with E-state index >= 15 is 0 Å². The van der Waals surface area contributed by atoms with Crippen molar-refractivity contribution in [1.29, 1.82) is 0 Å². The average Bonchev–Trinajstić information content (AvgIpc) is 2.54. The van der Waals surface area contributed by atoms with Gasteiger partial charge in [0.1, 0.15) is 5.75 Å². The standard InChI is InChI=1S/C19H26N2O3/c1-13-11-16(17(24-3)12-14(13)2)19(23)21-9-7-20(8-10-21)18(22)15-5-4-6-15/h11-12,15H,4-10H2,1-3H3. The van der Waals surface area contributed by atoms with Gasteiger partial charge in [-0.2, -0.15) is 0 Å². The molecule has 1 aromatic carbocycles. The van der Waals surface area contributed by atoms with Crippen LogP contribution >= 0.6 is 0 Å². The number of ether oxygens (including phenoxy) is 1. The lowest BCUT2D eigenvalue weighted by Crippen LogP contribution is -2.52. The summed E-state index contributed by atoms with van der Waals surface area (Å²) in [5, 5.41) is 0. The number of carbonyl (C=O) groups is 2. The molecule has 0 atom stereocenters. The molecule has 5 heteroatoms. The predicted molar refractivity (Wildman–Crippen MR) is 92.3 cm³/mol. The fraction of sp³-hybridized carbons (Fsp3) is 0.579. The number of piperazine rings is 1. The zero-order valence-electron chi connectivity index (χ0n) is 14.8. The minimum absolute atomic E-state index is 0.00862. The van der Waals surface area contributed by atoms with E-state index in [0.717, 1.165) is 24.0 Å². The Balaban J connectivity index is 1.67. The van der Waals surface area contributed by atoms with E-state index in [0.29, 0.717) is 37.5 Å². The number of benzene rings is 1. The molecule has 5 nitrogen and oxygen atoms in total. The lowest BCUT2D eigenvalue weighted by Gasteiger charge is -2.38. The molecular formula is C19H26N2O3. The van der Waals surface area contributed by atoms with Gasteiger partial charge in [-0.15, -0.1) is 0 Å². The number of hydrogen-bond acceptors (Lipinski definition) is 3. The van der Waals surface area contributed by atoms with E-state index in [-0.39, 0.29) is 17.7 Å². The normalized spacial score (nSPS) is 18.3. The first-order valence-corrected chi connectivity index (χ1v) is 8.74. The third kappa shape index (κ3) is 3.12. The second kappa shape index (κ2) is 6.83. The molecule has 1 aliphatic heterocycles. The monoisotopic (exact) mass is 330 g/mol. The Morgan fingerprint density at radius 2 is 1.58 bits per heavy atom. The number of rotatable bonds is 3. The highest BCUT2D eigenvalue weighted by molar-refractivity contribution is 5.97. The highest BCUT2D eigenvalue weighted by Crippen LogP contribution is 2.29. The van der Waals surface area contributed by atoms with E-state index in [1.165, 1.54) is 6.42 Å². The van der Waals surface area contributed by atoms with Crippen LogP contribution in [0.25, 0.3) is 0 Å². The Morgan fingerprint density at radius 3 is 2.12 bits per heavy atom. The first kappa shape index (κ1) is 16.8. The van der Waals surface area contributed by atoms with Gasteiger partial charge in [-0.3, -0.25) is 9.59 Å². The molecule has 0 bridgehead atoms. The predicted octanol–water partition coefficient (Wildman–Crippen LogP) is 2.40. The maximum Gasteiger partial charge on any atom is 0.257 e. The Morgan fingerprint density at radius 1 is 1.00 bits per heavy atom. The smallest absolute Gasteiger partial charge is 0.257 e. The quantitative estimate of drug-likeness (QED) is 0.855. The summed E-state index contributed by atoms with van der Waals surface area (Å²) in [5.74, 6) is 1.12. The van der Waals surface area contributed by atoms with Gasteiger partial charge in [-0.05, 0) is 49.9 Å². The second-order valence-corrected chi connectivity index (χ2v) is 6.88. The fourth-order valence-electron chi connectivity index (χ4n) is 3.34. The van der Waals surface area contributed by atoms with Crippen molar-refractivity contribution < 1.29 is 14.3 Å². The van der Waals surface area contributed by atoms with E-state index in [1.54, 1.807) is 7.11 Å². The van der Waals surface area contributed by atoms with Gasteiger partial charge in [-0.1, -0.05) is 6.42 Å². The van der Waals surface area contributed by atoms with Crippen LogP contribution in [0.15, 0.2) is 12.1 Å². The van der Waals surface area contributed by atoms with Gasteiger partial charge in [0.2, 0.25) is 5.91 Å². The first-order valence-electron chi connectivity index (χ1n) is 8.74. The third-order valence-electron chi connectivity index (χ3n) is 5.38. The van der Waals surface area contributed by atoms with Gasteiger partial charge < -0.3 is 14.5 Å². The summed E-state index contributed by atoms with van der Waals surface area (Å²) in [6.45, 7) is 6.46. The highest BCUT2D eigenvalue weighted by Gasteiger charge is 2.32. The molecule has 0 spiro atoms. The van der Waals surface area contributed by atoms with Crippen molar-refractivity contribution in [2.24, 2.45) is 5.92 Å². The van der Waals surface area contributed by atoms with E-state index in [4.69, 9.17) is 4.74 Å². The number of nitrogens with zero attached hydrogens (tertiary/aromatic N) is 2. The Hall–Kier alpha value is -2.04. The largest absolute Gasteiger partial charge is 0.496 e. The van der Waals surface area contributed by atoms with Crippen LogP contribution in [0.4, 0.5) is 0 Å². The van der Waals surface area contributed by atoms with Gasteiger partial charge in [0.25, 0.3) is 5.91 Å². The van der Waals surface area contributed by atoms with E-state index in [9.17, 15) is 9.59 Å². The van der Waals surface area contributed by atoms with Gasteiger partial charge in [0, 0.05) is 32.1 Å². The zero-order chi connectivity index (χ0) is 17.3. The number of hydrogen-bond donors (Lipinski definition) is 0. The first-order chi connectivity index (χ1) is 11.5. The van der Waals surface area contributed by atoms with E-state index < -0.39 is 0 Å². The number of aryl methyl sites for hydroxylation is 2. The van der Waals surface area contributed by atoms with Crippen LogP contribution in [-0.2, 0) is 4.79 Å². The minimum atomic E-state index is -0.00862. The molecule has 2 fully saturated rings. The summed E-state index contributed by atoms with van der Waals surface area (Å²) in [5.41, 5.74) is 2.80. The summed E-state index contributed by atoms with van der Waals surface area (Å²) in [6.07, 6.45) is 3.22. The van der Waals surface area contributed by atoms with Crippen LogP contribution in [0.3, 0.4) is 0 Å². The van der Waals surface area contributed by atoms with Crippen LogP contribution in [0.2, 0.25) is 0 Å². The number of methoxy groups -OCH3 is 1. The SMILES string of the molecule is COc1cc(C)c(C)cc1C(=O)N1CCN(C(=O)C2CCC2)CC1. The summed E-state index contributed by atoms with van der Waals surface area (Å²) < 4.78 is 5.39. The second-order valence-electron chi connectivity index (χ2n) is 6.88. The lowest BCUT2D eigenvalue weighted by atomic mass is 9.84. The molecule has 0 N–H and O–H groups in total. The maximum atomic E-state index is 12.9.